The quantitative estimate of drug-likeness (QED) is 0.512. The van der Waals surface area contributed by atoms with E-state index >= 15 is 0 Å². The van der Waals surface area contributed by atoms with Crippen LogP contribution < -0.4 is 10.2 Å². The van der Waals surface area contributed by atoms with Crippen LogP contribution in [0.3, 0.4) is 0 Å². The standard InChI is InChI=1S/C32H44N6O3/c1-21-29(22(2)34-32(33-21)37-15-12-27(39)20-37)31(41)38-18-25-16-36(17-26(25)19-38)14-13-28(23-8-4-3-5-9-23)35-30(40)24-10-6-7-11-24/h3-5,8-9,24-28,39H,6-7,10-20H2,1-2H3,(H,35,40)/t25?,26?,27?,28-/m0/s1. The Morgan fingerprint density at radius 1 is 0.951 bits per heavy atom. The normalized spacial score (nSPS) is 25.6. The molecule has 41 heavy (non-hydrogen) atoms. The van der Waals surface area contributed by atoms with E-state index in [1.807, 2.05) is 29.7 Å². The molecule has 9 heteroatoms. The Kier molecular flexibility index (Phi) is 8.26. The summed E-state index contributed by atoms with van der Waals surface area (Å²) in [5, 5.41) is 13.3. The Labute approximate surface area is 243 Å². The minimum atomic E-state index is -0.344. The Morgan fingerprint density at radius 3 is 2.22 bits per heavy atom. The molecule has 3 saturated heterocycles. The molecule has 0 radical (unpaired) electrons. The fourth-order valence-electron chi connectivity index (χ4n) is 7.47. The molecule has 4 fully saturated rings. The Hall–Kier alpha value is -3.04. The van der Waals surface area contributed by atoms with Crippen LogP contribution in [0.5, 0.6) is 0 Å². The third-order valence-electron chi connectivity index (χ3n) is 9.75. The van der Waals surface area contributed by atoms with E-state index in [0.717, 1.165) is 77.8 Å². The summed E-state index contributed by atoms with van der Waals surface area (Å²) in [6.07, 6.45) is 5.60. The Bertz CT molecular complexity index is 1210. The molecule has 220 valence electrons. The van der Waals surface area contributed by atoms with Gasteiger partial charge in [0, 0.05) is 51.7 Å². The molecule has 4 aliphatic rings. The molecule has 1 saturated carbocycles. The molecule has 6 rings (SSSR count). The highest BCUT2D eigenvalue weighted by Crippen LogP contribution is 2.34. The van der Waals surface area contributed by atoms with Crippen molar-refractivity contribution in [1.29, 1.82) is 0 Å². The topological polar surface area (TPSA) is 102 Å². The lowest BCUT2D eigenvalue weighted by atomic mass is 10.0. The number of hydrogen-bond donors (Lipinski definition) is 2. The van der Waals surface area contributed by atoms with Crippen LogP contribution in [-0.4, -0.2) is 88.6 Å². The number of rotatable bonds is 8. The number of amides is 2. The molecule has 0 spiro atoms. The monoisotopic (exact) mass is 560 g/mol. The van der Waals surface area contributed by atoms with Crippen LogP contribution in [0.15, 0.2) is 30.3 Å². The van der Waals surface area contributed by atoms with Crippen LogP contribution in [-0.2, 0) is 4.79 Å². The Balaban J connectivity index is 1.04. The molecular weight excluding hydrogens is 516 g/mol. The Morgan fingerprint density at radius 2 is 1.61 bits per heavy atom. The van der Waals surface area contributed by atoms with Gasteiger partial charge in [-0.2, -0.15) is 0 Å². The number of aliphatic hydroxyl groups excluding tert-OH is 1. The van der Waals surface area contributed by atoms with E-state index in [-0.39, 0.29) is 29.9 Å². The van der Waals surface area contributed by atoms with E-state index < -0.39 is 0 Å². The highest BCUT2D eigenvalue weighted by Gasteiger charge is 2.42. The summed E-state index contributed by atoms with van der Waals surface area (Å²) >= 11 is 0. The maximum absolute atomic E-state index is 13.6. The molecule has 0 bridgehead atoms. The van der Waals surface area contributed by atoms with Crippen molar-refractivity contribution in [2.75, 3.05) is 50.7 Å². The third kappa shape index (κ3) is 6.11. The number of β-amino-alcohol motifs (C(OH)–C–C–N with tert-alkyl or cyclic N) is 1. The summed E-state index contributed by atoms with van der Waals surface area (Å²) in [7, 11) is 0. The van der Waals surface area contributed by atoms with Gasteiger partial charge in [0.05, 0.1) is 29.1 Å². The molecule has 4 heterocycles. The van der Waals surface area contributed by atoms with Crippen molar-refractivity contribution >= 4 is 17.8 Å². The minimum absolute atomic E-state index is 0.0283. The predicted octanol–water partition coefficient (Wildman–Crippen LogP) is 3.11. The number of aromatic nitrogens is 2. The zero-order chi connectivity index (χ0) is 28.5. The summed E-state index contributed by atoms with van der Waals surface area (Å²) in [5.41, 5.74) is 3.22. The summed E-state index contributed by atoms with van der Waals surface area (Å²) in [5.74, 6) is 1.95. The lowest BCUT2D eigenvalue weighted by Crippen LogP contribution is -2.37. The van der Waals surface area contributed by atoms with Crippen LogP contribution >= 0.6 is 0 Å². The molecule has 1 aromatic carbocycles. The summed E-state index contributed by atoms with van der Waals surface area (Å²) in [4.78, 5) is 42.4. The third-order valence-corrected chi connectivity index (χ3v) is 9.75. The van der Waals surface area contributed by atoms with Gasteiger partial charge >= 0.3 is 0 Å². The molecule has 2 N–H and O–H groups in total. The van der Waals surface area contributed by atoms with Crippen LogP contribution in [0.1, 0.15) is 71.9 Å². The van der Waals surface area contributed by atoms with Gasteiger partial charge < -0.3 is 25.1 Å². The van der Waals surface area contributed by atoms with Gasteiger partial charge in [-0.3, -0.25) is 9.59 Å². The van der Waals surface area contributed by atoms with Gasteiger partial charge in [0.2, 0.25) is 11.9 Å². The van der Waals surface area contributed by atoms with E-state index in [0.29, 0.717) is 41.3 Å². The number of benzene rings is 1. The van der Waals surface area contributed by atoms with Gasteiger partial charge in [0.1, 0.15) is 0 Å². The van der Waals surface area contributed by atoms with Gasteiger partial charge in [0.15, 0.2) is 0 Å². The second kappa shape index (κ2) is 12.1. The molecule has 2 aromatic rings. The summed E-state index contributed by atoms with van der Waals surface area (Å²) in [6.45, 7) is 9.49. The second-order valence-corrected chi connectivity index (χ2v) is 12.7. The van der Waals surface area contributed by atoms with Crippen molar-refractivity contribution in [2.24, 2.45) is 17.8 Å². The van der Waals surface area contributed by atoms with Crippen LogP contribution in [0.25, 0.3) is 0 Å². The number of aryl methyl sites for hydroxylation is 2. The fraction of sp³-hybridized carbons (Fsp3) is 0.625. The maximum Gasteiger partial charge on any atom is 0.257 e. The lowest BCUT2D eigenvalue weighted by Gasteiger charge is -2.26. The van der Waals surface area contributed by atoms with E-state index in [9.17, 15) is 14.7 Å². The number of carbonyl (C=O) groups is 2. The minimum Gasteiger partial charge on any atom is -0.391 e. The largest absolute Gasteiger partial charge is 0.391 e. The fourth-order valence-corrected chi connectivity index (χ4v) is 7.47. The predicted molar refractivity (Wildman–Crippen MR) is 158 cm³/mol. The van der Waals surface area contributed by atoms with Gasteiger partial charge in [-0.1, -0.05) is 43.2 Å². The van der Waals surface area contributed by atoms with Crippen molar-refractivity contribution in [3.05, 3.63) is 52.8 Å². The molecule has 2 amide bonds. The van der Waals surface area contributed by atoms with Crippen molar-refractivity contribution in [3.8, 4) is 0 Å². The van der Waals surface area contributed by atoms with E-state index in [1.165, 1.54) is 5.56 Å². The van der Waals surface area contributed by atoms with Gasteiger partial charge in [-0.05, 0) is 56.9 Å². The van der Waals surface area contributed by atoms with Crippen LogP contribution in [0.2, 0.25) is 0 Å². The molecule has 1 aromatic heterocycles. The number of anilines is 1. The number of hydrogen-bond acceptors (Lipinski definition) is 7. The maximum atomic E-state index is 13.6. The molecule has 1 aliphatic carbocycles. The van der Waals surface area contributed by atoms with Crippen LogP contribution in [0.4, 0.5) is 5.95 Å². The highest BCUT2D eigenvalue weighted by atomic mass is 16.3. The van der Waals surface area contributed by atoms with E-state index in [4.69, 9.17) is 0 Å². The first-order chi connectivity index (χ1) is 19.9. The van der Waals surface area contributed by atoms with Crippen molar-refractivity contribution in [3.63, 3.8) is 0 Å². The molecule has 9 nitrogen and oxygen atoms in total. The number of fused-ring (bicyclic) bond motifs is 1. The molecule has 3 unspecified atom stereocenters. The molecule has 3 aliphatic heterocycles. The average Bonchev–Trinajstić information content (AvgIpc) is 3.76. The van der Waals surface area contributed by atoms with Crippen molar-refractivity contribution < 1.29 is 14.7 Å². The zero-order valence-corrected chi connectivity index (χ0v) is 24.5. The number of carbonyl (C=O) groups excluding carboxylic acids is 2. The van der Waals surface area contributed by atoms with Crippen molar-refractivity contribution in [1.82, 2.24) is 25.1 Å². The van der Waals surface area contributed by atoms with E-state index in [1.54, 1.807) is 0 Å². The number of nitrogens with one attached hydrogen (secondary N) is 1. The molecule has 4 atom stereocenters. The average molecular weight is 561 g/mol. The smallest absolute Gasteiger partial charge is 0.257 e. The molecular formula is C32H44N6O3. The van der Waals surface area contributed by atoms with Gasteiger partial charge in [-0.25, -0.2) is 9.97 Å². The van der Waals surface area contributed by atoms with Crippen LogP contribution in [0, 0.1) is 31.6 Å². The number of nitrogens with zero attached hydrogens (tertiary/aromatic N) is 5. The van der Waals surface area contributed by atoms with Gasteiger partial charge in [-0.15, -0.1) is 0 Å². The number of aliphatic hydroxyl groups is 1. The van der Waals surface area contributed by atoms with Crippen molar-refractivity contribution in [2.45, 2.75) is 64.5 Å². The van der Waals surface area contributed by atoms with E-state index in [2.05, 4.69) is 44.5 Å². The zero-order valence-electron chi connectivity index (χ0n) is 24.5. The lowest BCUT2D eigenvalue weighted by molar-refractivity contribution is -0.125. The summed E-state index contributed by atoms with van der Waals surface area (Å²) < 4.78 is 0. The second-order valence-electron chi connectivity index (χ2n) is 12.7. The first-order valence-corrected chi connectivity index (χ1v) is 15.5. The SMILES string of the molecule is Cc1nc(N2CCC(O)C2)nc(C)c1C(=O)N1CC2CN(CC[C@H](NC(=O)C3CCCC3)c3ccccc3)CC2C1. The number of likely N-dealkylation sites (tertiary alicyclic amines) is 2. The summed E-state index contributed by atoms with van der Waals surface area (Å²) in [6, 6.07) is 10.4. The highest BCUT2D eigenvalue weighted by molar-refractivity contribution is 5.96. The van der Waals surface area contributed by atoms with Gasteiger partial charge in [0.25, 0.3) is 5.91 Å². The first kappa shape index (κ1) is 28.1. The first-order valence-electron chi connectivity index (χ1n) is 15.5.